The first-order valence-electron chi connectivity index (χ1n) is 5.51. The summed E-state index contributed by atoms with van der Waals surface area (Å²) in [5, 5.41) is 13.1. The van der Waals surface area contributed by atoms with Crippen molar-refractivity contribution >= 4 is 28.8 Å². The summed E-state index contributed by atoms with van der Waals surface area (Å²) < 4.78 is 0. The van der Waals surface area contributed by atoms with Crippen LogP contribution in [0.15, 0.2) is 17.5 Å². The number of aryl methyl sites for hydroxylation is 1. The standard InChI is InChI=1S/C11H13N5O2S/c1-7-9(16(17)18)10(14-11(12)13-7)15(2)6-8-4-3-5-19-8/h3-5H,6H2,1-2H3,(H2,12,13,14). The topological polar surface area (TPSA) is 98.2 Å². The maximum absolute atomic E-state index is 11.1. The quantitative estimate of drug-likeness (QED) is 0.678. The van der Waals surface area contributed by atoms with Crippen LogP contribution in [0.25, 0.3) is 0 Å². The zero-order valence-electron chi connectivity index (χ0n) is 10.5. The lowest BCUT2D eigenvalue weighted by molar-refractivity contribution is -0.385. The Morgan fingerprint density at radius 2 is 2.26 bits per heavy atom. The molecule has 19 heavy (non-hydrogen) atoms. The number of nitrogen functional groups attached to an aromatic ring is 1. The number of rotatable bonds is 4. The molecule has 0 aliphatic heterocycles. The summed E-state index contributed by atoms with van der Waals surface area (Å²) in [7, 11) is 1.74. The molecule has 0 fully saturated rings. The van der Waals surface area contributed by atoms with Gasteiger partial charge in [0, 0.05) is 11.9 Å². The van der Waals surface area contributed by atoms with Crippen LogP contribution < -0.4 is 10.6 Å². The summed E-state index contributed by atoms with van der Waals surface area (Å²) in [6.45, 7) is 2.09. The average molecular weight is 279 g/mol. The van der Waals surface area contributed by atoms with Crippen molar-refractivity contribution in [3.63, 3.8) is 0 Å². The van der Waals surface area contributed by atoms with Gasteiger partial charge < -0.3 is 10.6 Å². The van der Waals surface area contributed by atoms with Gasteiger partial charge in [0.2, 0.25) is 11.8 Å². The monoisotopic (exact) mass is 279 g/mol. The van der Waals surface area contributed by atoms with Gasteiger partial charge >= 0.3 is 5.69 Å². The molecule has 2 aromatic rings. The molecule has 0 aromatic carbocycles. The molecule has 2 heterocycles. The minimum Gasteiger partial charge on any atom is -0.368 e. The highest BCUT2D eigenvalue weighted by atomic mass is 32.1. The van der Waals surface area contributed by atoms with Gasteiger partial charge in [-0.15, -0.1) is 11.3 Å². The minimum absolute atomic E-state index is 0.0381. The maximum atomic E-state index is 11.1. The van der Waals surface area contributed by atoms with E-state index in [0.717, 1.165) is 4.88 Å². The van der Waals surface area contributed by atoms with Crippen molar-refractivity contribution in [2.45, 2.75) is 13.5 Å². The van der Waals surface area contributed by atoms with E-state index in [1.165, 1.54) is 0 Å². The molecule has 0 unspecified atom stereocenters. The zero-order valence-corrected chi connectivity index (χ0v) is 11.3. The molecule has 2 rings (SSSR count). The van der Waals surface area contributed by atoms with Crippen molar-refractivity contribution in [1.82, 2.24) is 9.97 Å². The summed E-state index contributed by atoms with van der Waals surface area (Å²) in [4.78, 5) is 21.3. The molecule has 2 N–H and O–H groups in total. The molecular formula is C11H13N5O2S. The van der Waals surface area contributed by atoms with Gasteiger partial charge in [0.05, 0.1) is 11.5 Å². The Labute approximate surface area is 113 Å². The van der Waals surface area contributed by atoms with Crippen LogP contribution in [0.4, 0.5) is 17.5 Å². The second-order valence-corrected chi connectivity index (χ2v) is 5.06. The van der Waals surface area contributed by atoms with Crippen LogP contribution in [0.3, 0.4) is 0 Å². The highest BCUT2D eigenvalue weighted by molar-refractivity contribution is 7.09. The number of aromatic nitrogens is 2. The number of thiophene rings is 1. The van der Waals surface area contributed by atoms with Gasteiger partial charge in [-0.05, 0) is 18.4 Å². The van der Waals surface area contributed by atoms with Gasteiger partial charge in [0.1, 0.15) is 5.69 Å². The van der Waals surface area contributed by atoms with Gasteiger partial charge in [0.25, 0.3) is 0 Å². The largest absolute Gasteiger partial charge is 0.368 e. The summed E-state index contributed by atoms with van der Waals surface area (Å²) >= 11 is 1.58. The molecule has 8 heteroatoms. The SMILES string of the molecule is Cc1nc(N)nc(N(C)Cc2cccs2)c1[N+](=O)[O-]. The van der Waals surface area contributed by atoms with E-state index in [1.807, 2.05) is 17.5 Å². The van der Waals surface area contributed by atoms with Crippen molar-refractivity contribution in [2.24, 2.45) is 0 Å². The van der Waals surface area contributed by atoms with Gasteiger partial charge in [-0.25, -0.2) is 4.98 Å². The van der Waals surface area contributed by atoms with E-state index in [9.17, 15) is 10.1 Å². The molecule has 0 aliphatic rings. The fourth-order valence-electron chi connectivity index (χ4n) is 1.76. The minimum atomic E-state index is -0.477. The van der Waals surface area contributed by atoms with Gasteiger partial charge in [-0.1, -0.05) is 6.07 Å². The number of nitro groups is 1. The first-order chi connectivity index (χ1) is 8.99. The molecule has 0 saturated carbocycles. The first kappa shape index (κ1) is 13.2. The van der Waals surface area contributed by atoms with Crippen LogP contribution in [0.5, 0.6) is 0 Å². The number of anilines is 2. The smallest absolute Gasteiger partial charge is 0.332 e. The van der Waals surface area contributed by atoms with Crippen LogP contribution in [0.2, 0.25) is 0 Å². The third-order valence-electron chi connectivity index (χ3n) is 2.57. The van der Waals surface area contributed by atoms with E-state index in [-0.39, 0.29) is 23.1 Å². The molecule has 7 nitrogen and oxygen atoms in total. The average Bonchev–Trinajstić information content (AvgIpc) is 2.79. The normalized spacial score (nSPS) is 10.4. The number of nitrogens with zero attached hydrogens (tertiary/aromatic N) is 4. The van der Waals surface area contributed by atoms with E-state index in [1.54, 1.807) is 30.2 Å². The Morgan fingerprint density at radius 1 is 1.53 bits per heavy atom. The second-order valence-electron chi connectivity index (χ2n) is 4.03. The molecule has 0 bridgehead atoms. The Kier molecular flexibility index (Phi) is 3.61. The summed E-state index contributed by atoms with van der Waals surface area (Å²) in [6.07, 6.45) is 0. The lowest BCUT2D eigenvalue weighted by Crippen LogP contribution is -2.20. The molecule has 0 aliphatic carbocycles. The number of nitrogens with two attached hydrogens (primary N) is 1. The predicted molar refractivity (Wildman–Crippen MR) is 74.3 cm³/mol. The van der Waals surface area contributed by atoms with Crippen LogP contribution in [-0.2, 0) is 6.54 Å². The van der Waals surface area contributed by atoms with E-state index in [2.05, 4.69) is 9.97 Å². The highest BCUT2D eigenvalue weighted by Crippen LogP contribution is 2.29. The van der Waals surface area contributed by atoms with E-state index < -0.39 is 4.92 Å². The molecule has 0 radical (unpaired) electrons. The Hall–Kier alpha value is -2.22. The summed E-state index contributed by atoms with van der Waals surface area (Å²) in [5.41, 5.74) is 5.74. The Balaban J connectivity index is 2.40. The maximum Gasteiger partial charge on any atom is 0.332 e. The molecule has 100 valence electrons. The van der Waals surface area contributed by atoms with Gasteiger partial charge in [-0.3, -0.25) is 10.1 Å². The highest BCUT2D eigenvalue weighted by Gasteiger charge is 2.24. The fourth-order valence-corrected chi connectivity index (χ4v) is 2.52. The Morgan fingerprint density at radius 3 is 2.84 bits per heavy atom. The van der Waals surface area contributed by atoms with Crippen LogP contribution in [0, 0.1) is 17.0 Å². The van der Waals surface area contributed by atoms with Gasteiger partial charge in [0.15, 0.2) is 0 Å². The van der Waals surface area contributed by atoms with Crippen molar-refractivity contribution in [3.05, 3.63) is 38.2 Å². The first-order valence-corrected chi connectivity index (χ1v) is 6.39. The van der Waals surface area contributed by atoms with Gasteiger partial charge in [-0.2, -0.15) is 4.98 Å². The summed E-state index contributed by atoms with van der Waals surface area (Å²) in [6, 6.07) is 3.90. The summed E-state index contributed by atoms with van der Waals surface area (Å²) in [5.74, 6) is 0.277. The van der Waals surface area contributed by atoms with E-state index >= 15 is 0 Å². The molecule has 0 amide bonds. The molecular weight excluding hydrogens is 266 g/mol. The third kappa shape index (κ3) is 2.79. The molecule has 0 spiro atoms. The van der Waals surface area contributed by atoms with Crippen molar-refractivity contribution in [1.29, 1.82) is 0 Å². The van der Waals surface area contributed by atoms with Crippen LogP contribution >= 0.6 is 11.3 Å². The third-order valence-corrected chi connectivity index (χ3v) is 3.44. The molecule has 2 aromatic heterocycles. The second kappa shape index (κ2) is 5.19. The molecule has 0 saturated heterocycles. The molecule has 0 atom stereocenters. The number of hydrogen-bond acceptors (Lipinski definition) is 7. The lowest BCUT2D eigenvalue weighted by atomic mass is 10.3. The van der Waals surface area contributed by atoms with E-state index in [0.29, 0.717) is 6.54 Å². The number of hydrogen-bond donors (Lipinski definition) is 1. The van der Waals surface area contributed by atoms with Crippen molar-refractivity contribution < 1.29 is 4.92 Å². The van der Waals surface area contributed by atoms with Crippen LogP contribution in [0.1, 0.15) is 10.6 Å². The Bertz CT molecular complexity index is 599. The fraction of sp³-hybridized carbons (Fsp3) is 0.273. The van der Waals surface area contributed by atoms with Crippen molar-refractivity contribution in [3.8, 4) is 0 Å². The van der Waals surface area contributed by atoms with E-state index in [4.69, 9.17) is 5.73 Å². The predicted octanol–water partition coefficient (Wildman–Crippen LogP) is 1.97. The van der Waals surface area contributed by atoms with Crippen LogP contribution in [-0.4, -0.2) is 21.9 Å². The lowest BCUT2D eigenvalue weighted by Gasteiger charge is -2.17. The van der Waals surface area contributed by atoms with Crippen molar-refractivity contribution in [2.75, 3.05) is 17.7 Å². The zero-order chi connectivity index (χ0) is 14.0.